The average molecular weight is 2350 g/mol. The van der Waals surface area contributed by atoms with Crippen molar-refractivity contribution >= 4 is 174 Å². The molecule has 1 aliphatic rings. The van der Waals surface area contributed by atoms with Crippen LogP contribution >= 0.6 is 63.8 Å². The maximum absolute atomic E-state index is 14.3. The molecular weight excluding hydrogens is 2250 g/mol. The number of aliphatic hydroxyl groups excluding tert-OH is 1. The van der Waals surface area contributed by atoms with Gasteiger partial charge in [-0.25, -0.2) is 35.2 Å². The minimum atomic E-state index is -3.15. The van der Waals surface area contributed by atoms with Gasteiger partial charge < -0.3 is 64.6 Å². The Labute approximate surface area is 983 Å². The van der Waals surface area contributed by atoms with E-state index >= 15 is 0 Å². The number of hydrogen-bond donors (Lipinski definition) is 3. The van der Waals surface area contributed by atoms with Crippen molar-refractivity contribution in [3.05, 3.63) is 330 Å². The Balaban J connectivity index is -0.000000387. The summed E-state index contributed by atoms with van der Waals surface area (Å²) in [6.07, 6.45) is 5.11. The molecule has 0 aliphatic carbocycles. The Morgan fingerprint density at radius 2 is 0.692 bits per heavy atom. The van der Waals surface area contributed by atoms with Crippen LogP contribution in [0.2, 0.25) is 0 Å². The van der Waals surface area contributed by atoms with Gasteiger partial charge in [-0.15, -0.1) is 11.6 Å². The van der Waals surface area contributed by atoms with Gasteiger partial charge in [0.25, 0.3) is 0 Å². The summed E-state index contributed by atoms with van der Waals surface area (Å²) in [5, 5.41) is 34.3. The smallest absolute Gasteiger partial charge is 1.00 e. The van der Waals surface area contributed by atoms with Crippen molar-refractivity contribution in [3.8, 4) is 90.5 Å². The molecule has 3 N–H and O–H groups in total. The van der Waals surface area contributed by atoms with Crippen molar-refractivity contribution in [1.29, 1.82) is 0 Å². The van der Waals surface area contributed by atoms with Gasteiger partial charge in [0, 0.05) is 83.6 Å². The number of hydrogen-bond acceptors (Lipinski definition) is 20. The van der Waals surface area contributed by atoms with Gasteiger partial charge >= 0.3 is 162 Å². The van der Waals surface area contributed by atoms with Crippen molar-refractivity contribution in [2.24, 2.45) is 0 Å². The number of aliphatic hydroxyl groups is 1. The van der Waals surface area contributed by atoms with E-state index in [0.29, 0.717) is 46.9 Å². The molecule has 1 fully saturated rings. The summed E-state index contributed by atoms with van der Waals surface area (Å²) in [6.45, 7) is 18.9. The quantitative estimate of drug-likeness (QED) is 0.00740. The standard InChI is InChI=1S/C22H18F4O2.C16H16F2O.C15H13ClF2O.C15H14F2O2.C8H8BF2O3.C8H9I.C7H6F2O.C4H8O.CH3F.2CO2.CH4.Al.Cl2OS.3K.Li.HO4P.H/c1-3-27-17-11-9-16(20(24)22(17)26)15-7-5-14(6-8-15)12-28-18-10-4-13(2)19(23)21(18)25;1-3-11-5-7-12(8-6-11)13-9-10-14(19-4-2)16(18)15(13)17;1-2-19-13-8-7-12(14(17)15(13)18)11-5-3-10(9-16)4-6-11;1-2-19-13-8-7-12(14(16)15(13)17)11-5-3-10(9-18)4-6-11;1-2-13-5-3-4-6(14-9-12)8(11)7(5)10;1-2-7-3-5-8(9)6-4-7;1-4-2-3-5(10)7(9)6(4)8;1-2-4-5-3-1;1-2;2*2-1-3;;;1-4(2)3;;;;;1-4-5(2)3;/h4-11H,3,12H2,1-2H3;5-10H,3-4H2,1-2H3;3-8H,2,9H2,1H3;3-8,18H,2,9H2,1H3;3-4,12H,2H2,1H3;3-6H,2H2,1H3;2-3,10H,1H3;1-4H2;1H3;;;1H4;;;;;;;1H;/q;;;;;;;;;;;;;;;;2*+1;;-1/p-1/i;;;;;;;;1D;;;;;;;;;;;. The number of alkyl halides is 2. The number of benzene rings is 12. The van der Waals surface area contributed by atoms with Gasteiger partial charge in [-0.3, -0.25) is 4.39 Å². The maximum atomic E-state index is 14.3. The van der Waals surface area contributed by atoms with Gasteiger partial charge in [0.1, 0.15) is 12.4 Å². The molecule has 0 saturated carbocycles. The molecule has 1 saturated heterocycles. The zero-order valence-electron chi connectivity index (χ0n) is 82.7. The number of ether oxygens (including phenoxy) is 7. The fourth-order valence-corrected chi connectivity index (χ4v) is 11.6. The van der Waals surface area contributed by atoms with Gasteiger partial charge in [-0.1, -0.05) is 143 Å². The molecule has 12 aromatic carbocycles. The fraction of sp³-hybridized carbons (Fsp3) is 0.253. The van der Waals surface area contributed by atoms with Crippen molar-refractivity contribution in [3.63, 3.8) is 0 Å². The molecule has 13 rings (SSSR count). The summed E-state index contributed by atoms with van der Waals surface area (Å²) in [4.78, 5) is 41.4. The first-order valence-electron chi connectivity index (χ1n) is 42.8. The summed E-state index contributed by atoms with van der Waals surface area (Å²) in [5.41, 5.74) is 8.29. The fourth-order valence-electron chi connectivity index (χ4n) is 11.0. The van der Waals surface area contributed by atoms with Crippen molar-refractivity contribution in [2.45, 2.75) is 115 Å². The molecule has 0 spiro atoms. The summed E-state index contributed by atoms with van der Waals surface area (Å²) in [5.74, 6) is -15.4. The minimum absolute atomic E-state index is 0. The number of carbonyl (C=O) groups excluding carboxylic acids is 4. The molecule has 47 heteroatoms. The Bertz CT molecular complexity index is 5540. The topological polar surface area (TPSA) is 292 Å². The predicted molar refractivity (Wildman–Crippen MR) is 530 cm³/mol. The van der Waals surface area contributed by atoms with Gasteiger partial charge in [0.15, 0.2) is 75.1 Å². The third kappa shape index (κ3) is 55.3. The minimum Gasteiger partial charge on any atom is 1.00 e. The summed E-state index contributed by atoms with van der Waals surface area (Å²) < 4.78 is 267. The molecule has 1 unspecified atom stereocenters. The number of aryl methyl sites for hydroxylation is 4. The van der Waals surface area contributed by atoms with E-state index in [1.807, 2.05) is 19.1 Å². The molecule has 4 radical (unpaired) electrons. The largest absolute Gasteiger partial charge is 1.00 e. The van der Waals surface area contributed by atoms with Crippen LogP contribution in [0, 0.1) is 98.9 Å². The second kappa shape index (κ2) is 87.8. The molecule has 1 aliphatic heterocycles. The van der Waals surface area contributed by atoms with Crippen LogP contribution in [0.5, 0.6) is 46.0 Å². The molecule has 0 bridgehead atoms. The van der Waals surface area contributed by atoms with Crippen LogP contribution in [0.1, 0.15) is 110 Å². The molecule has 12 aromatic rings. The van der Waals surface area contributed by atoms with Crippen molar-refractivity contribution in [2.75, 3.05) is 53.4 Å². The zero-order valence-corrected chi connectivity index (χ0v) is 97.4. The molecular formula is C99H100AlBCl3F15IK3LiO20PS. The van der Waals surface area contributed by atoms with E-state index in [1.165, 1.54) is 166 Å². The molecule has 770 valence electrons. The van der Waals surface area contributed by atoms with Crippen LogP contribution in [0.15, 0.2) is 206 Å². The van der Waals surface area contributed by atoms with E-state index in [-0.39, 0.29) is 217 Å². The van der Waals surface area contributed by atoms with Crippen molar-refractivity contribution < 1.29 is 235 Å². The number of aromatic hydroxyl groups is 1. The van der Waals surface area contributed by atoms with E-state index in [0.717, 1.165) is 54.9 Å². The van der Waals surface area contributed by atoms with Crippen LogP contribution in [0.4, 0.5) is 65.9 Å². The Morgan fingerprint density at radius 3 is 0.959 bits per heavy atom. The van der Waals surface area contributed by atoms with E-state index in [4.69, 9.17) is 99.5 Å². The second-order valence-electron chi connectivity index (χ2n) is 26.7. The van der Waals surface area contributed by atoms with Crippen LogP contribution in [0.25, 0.3) is 44.5 Å². The SMILES string of the molecule is C.C1CCOC1.CCOc1ccc(-c2ccc(CC)cc2)c(F)c1F.CCOc1ccc(-c2ccc(CCl)cc2)c(F)c1F.CCOc1ccc(-c2ccc(CO)cc2)c(F)c1F.CCOc1ccc(-c2ccc(COc3ccc(C)c(F)c3F)cc2)c(F)c1F.CCOc1ccc(O[B]O)c(F)c1F.CCc1ccc(I)cc1.Cc1ccc(O)c(F)c1F.O=C=O.O=C=O.O=S(Cl)Cl.O=[P+]([O-])O[O-].[2H]CF.[Al].[H-].[K+].[K][K].[Li+]. The van der Waals surface area contributed by atoms with E-state index < -0.39 is 118 Å². The average Bonchev–Trinajstić information content (AvgIpc) is 0.866. The number of phenols is 1. The molecule has 0 aromatic heterocycles. The molecule has 20 nitrogen and oxygen atoms in total. The first-order valence-corrected chi connectivity index (χ1v) is 63.6. The van der Waals surface area contributed by atoms with E-state index in [2.05, 4.69) is 84.5 Å². The number of halogens is 19. The summed E-state index contributed by atoms with van der Waals surface area (Å²) >= 11 is 10.5. The summed E-state index contributed by atoms with van der Waals surface area (Å²) in [6, 6.07) is 55.5. The van der Waals surface area contributed by atoms with E-state index in [1.54, 1.807) is 126 Å². The predicted octanol–water partition coefficient (Wildman–Crippen LogP) is 18.4. The first kappa shape index (κ1) is 147. The number of rotatable bonds is 24. The van der Waals surface area contributed by atoms with Crippen LogP contribution in [-0.2, 0) is 74.3 Å². The molecule has 0 amide bonds. The van der Waals surface area contributed by atoms with Gasteiger partial charge in [-0.2, -0.15) is 54.3 Å². The molecule has 1 atom stereocenters. The Morgan fingerprint density at radius 1 is 0.452 bits per heavy atom. The van der Waals surface area contributed by atoms with E-state index in [9.17, 15) is 65.9 Å². The maximum Gasteiger partial charge on any atom is 1.00 e. The van der Waals surface area contributed by atoms with Crippen molar-refractivity contribution in [1.82, 2.24) is 0 Å². The van der Waals surface area contributed by atoms with Crippen LogP contribution in [0.3, 0.4) is 0 Å². The zero-order chi connectivity index (χ0) is 108. The molecule has 1 heterocycles. The van der Waals surface area contributed by atoms with Gasteiger partial charge in [0.2, 0.25) is 55.8 Å². The first-order chi connectivity index (χ1) is 68.3. The normalized spacial score (nSPS) is 10.1. The third-order valence-electron chi connectivity index (χ3n) is 17.8. The third-order valence-corrected chi connectivity index (χ3v) is 18.9. The Kier molecular flexibility index (Phi) is 88.3. The Hall–Kier alpha value is -5.54. The molecule has 146 heavy (non-hydrogen) atoms. The van der Waals surface area contributed by atoms with Gasteiger partial charge in [0.05, 0.1) is 48.2 Å². The van der Waals surface area contributed by atoms with Crippen LogP contribution in [-0.4, -0.2) is 173 Å². The van der Waals surface area contributed by atoms with Gasteiger partial charge in [-0.05, 0) is 247 Å². The summed E-state index contributed by atoms with van der Waals surface area (Å²) in [7, 11) is 3.48. The number of phenolic OH excluding ortho intramolecular Hbond substituents is 1. The second-order valence-corrected chi connectivity index (χ2v) is 31.4. The van der Waals surface area contributed by atoms with Crippen LogP contribution < -0.4 is 113 Å². The monoisotopic (exact) mass is 2350 g/mol.